The SMILES string of the molecule is C[C@H]1Cc2ccccc2N(C(=O)OC(C)(C)C)C1. The van der Waals surface area contributed by atoms with E-state index in [0.29, 0.717) is 5.92 Å². The summed E-state index contributed by atoms with van der Waals surface area (Å²) in [6, 6.07) is 8.06. The van der Waals surface area contributed by atoms with Gasteiger partial charge in [0, 0.05) is 6.54 Å². The Balaban J connectivity index is 2.26. The smallest absolute Gasteiger partial charge is 0.414 e. The number of hydrogen-bond acceptors (Lipinski definition) is 2. The number of anilines is 1. The highest BCUT2D eigenvalue weighted by molar-refractivity contribution is 5.89. The summed E-state index contributed by atoms with van der Waals surface area (Å²) in [6.07, 6.45) is 0.775. The van der Waals surface area contributed by atoms with Crippen molar-refractivity contribution >= 4 is 11.8 Å². The molecule has 18 heavy (non-hydrogen) atoms. The Morgan fingerprint density at radius 2 is 2.00 bits per heavy atom. The number of para-hydroxylation sites is 1. The first-order valence-corrected chi connectivity index (χ1v) is 6.45. The first-order chi connectivity index (χ1) is 8.37. The van der Waals surface area contributed by atoms with Gasteiger partial charge in [-0.2, -0.15) is 0 Å². The maximum absolute atomic E-state index is 12.2. The van der Waals surface area contributed by atoms with Gasteiger partial charge in [-0.3, -0.25) is 4.90 Å². The molecule has 1 aromatic rings. The molecule has 0 N–H and O–H groups in total. The van der Waals surface area contributed by atoms with Gasteiger partial charge in [-0.15, -0.1) is 0 Å². The zero-order chi connectivity index (χ0) is 13.3. The van der Waals surface area contributed by atoms with Crippen LogP contribution in [0.3, 0.4) is 0 Å². The van der Waals surface area contributed by atoms with E-state index in [1.54, 1.807) is 4.90 Å². The number of fused-ring (bicyclic) bond motifs is 1. The summed E-state index contributed by atoms with van der Waals surface area (Å²) in [7, 11) is 0. The Bertz CT molecular complexity index is 448. The molecule has 0 saturated heterocycles. The van der Waals surface area contributed by atoms with Gasteiger partial charge < -0.3 is 4.74 Å². The second kappa shape index (κ2) is 4.63. The van der Waals surface area contributed by atoms with E-state index >= 15 is 0 Å². The van der Waals surface area contributed by atoms with Crippen molar-refractivity contribution < 1.29 is 9.53 Å². The fraction of sp³-hybridized carbons (Fsp3) is 0.533. The van der Waals surface area contributed by atoms with Crippen molar-refractivity contribution in [1.29, 1.82) is 0 Å². The average Bonchev–Trinajstić information content (AvgIpc) is 2.25. The Kier molecular flexibility index (Phi) is 3.33. The van der Waals surface area contributed by atoms with Gasteiger partial charge in [-0.05, 0) is 44.7 Å². The summed E-state index contributed by atoms with van der Waals surface area (Å²) in [6.45, 7) is 8.57. The van der Waals surface area contributed by atoms with E-state index in [1.165, 1.54) is 5.56 Å². The second-order valence-electron chi connectivity index (χ2n) is 6.03. The fourth-order valence-electron chi connectivity index (χ4n) is 2.29. The van der Waals surface area contributed by atoms with Gasteiger partial charge in [0.2, 0.25) is 0 Å². The van der Waals surface area contributed by atoms with E-state index in [2.05, 4.69) is 13.0 Å². The number of nitrogens with zero attached hydrogens (tertiary/aromatic N) is 1. The van der Waals surface area contributed by atoms with Crippen LogP contribution in [0, 0.1) is 5.92 Å². The predicted molar refractivity (Wildman–Crippen MR) is 72.9 cm³/mol. The summed E-state index contributed by atoms with van der Waals surface area (Å²) in [5.74, 6) is 0.465. The first kappa shape index (κ1) is 12.9. The van der Waals surface area contributed by atoms with E-state index in [-0.39, 0.29) is 6.09 Å². The lowest BCUT2D eigenvalue weighted by Crippen LogP contribution is -2.42. The highest BCUT2D eigenvalue weighted by Crippen LogP contribution is 2.30. The summed E-state index contributed by atoms with van der Waals surface area (Å²) in [4.78, 5) is 14.0. The lowest BCUT2D eigenvalue weighted by atomic mass is 9.94. The van der Waals surface area contributed by atoms with Gasteiger partial charge in [0.1, 0.15) is 5.60 Å². The molecule has 98 valence electrons. The van der Waals surface area contributed by atoms with Crippen molar-refractivity contribution in [1.82, 2.24) is 0 Å². The Morgan fingerprint density at radius 3 is 2.67 bits per heavy atom. The van der Waals surface area contributed by atoms with Crippen molar-refractivity contribution in [2.45, 2.75) is 39.7 Å². The normalized spacial score (nSPS) is 19.3. The summed E-state index contributed by atoms with van der Waals surface area (Å²) >= 11 is 0. The molecule has 0 saturated carbocycles. The molecule has 0 fully saturated rings. The molecule has 0 radical (unpaired) electrons. The molecule has 0 unspecified atom stereocenters. The molecule has 1 aliphatic rings. The van der Waals surface area contributed by atoms with E-state index in [0.717, 1.165) is 18.7 Å². The van der Waals surface area contributed by atoms with Crippen LogP contribution in [0.4, 0.5) is 10.5 Å². The third kappa shape index (κ3) is 2.84. The molecule has 0 spiro atoms. The molecule has 1 heterocycles. The highest BCUT2D eigenvalue weighted by Gasteiger charge is 2.29. The van der Waals surface area contributed by atoms with Gasteiger partial charge in [-0.1, -0.05) is 25.1 Å². The number of rotatable bonds is 0. The van der Waals surface area contributed by atoms with E-state index in [1.807, 2.05) is 39.0 Å². The zero-order valence-electron chi connectivity index (χ0n) is 11.6. The average molecular weight is 247 g/mol. The molecular weight excluding hydrogens is 226 g/mol. The van der Waals surface area contributed by atoms with Crippen LogP contribution >= 0.6 is 0 Å². The number of carbonyl (C=O) groups excluding carboxylic acids is 1. The van der Waals surface area contributed by atoms with Gasteiger partial charge in [0.15, 0.2) is 0 Å². The topological polar surface area (TPSA) is 29.5 Å². The number of benzene rings is 1. The largest absolute Gasteiger partial charge is 0.443 e. The lowest BCUT2D eigenvalue weighted by Gasteiger charge is -2.34. The van der Waals surface area contributed by atoms with E-state index in [4.69, 9.17) is 4.74 Å². The van der Waals surface area contributed by atoms with Crippen molar-refractivity contribution in [2.24, 2.45) is 5.92 Å². The lowest BCUT2D eigenvalue weighted by molar-refractivity contribution is 0.0572. The van der Waals surface area contributed by atoms with Crippen LogP contribution in [0.1, 0.15) is 33.3 Å². The van der Waals surface area contributed by atoms with Crippen molar-refractivity contribution in [3.63, 3.8) is 0 Å². The van der Waals surface area contributed by atoms with E-state index in [9.17, 15) is 4.79 Å². The van der Waals surface area contributed by atoms with Crippen LogP contribution in [-0.2, 0) is 11.2 Å². The molecule has 1 aromatic carbocycles. The molecule has 3 heteroatoms. The quantitative estimate of drug-likeness (QED) is 0.700. The third-order valence-corrected chi connectivity index (χ3v) is 2.96. The van der Waals surface area contributed by atoms with Crippen LogP contribution in [0.5, 0.6) is 0 Å². The third-order valence-electron chi connectivity index (χ3n) is 2.96. The maximum atomic E-state index is 12.2. The summed E-state index contributed by atoms with van der Waals surface area (Å²) < 4.78 is 5.47. The first-order valence-electron chi connectivity index (χ1n) is 6.45. The highest BCUT2D eigenvalue weighted by atomic mass is 16.6. The molecule has 0 bridgehead atoms. The molecule has 1 amide bonds. The Hall–Kier alpha value is -1.51. The van der Waals surface area contributed by atoms with Crippen LogP contribution in [0.25, 0.3) is 0 Å². The molecule has 2 rings (SSSR count). The molecule has 1 atom stereocenters. The monoisotopic (exact) mass is 247 g/mol. The van der Waals surface area contributed by atoms with Crippen LogP contribution < -0.4 is 4.90 Å². The minimum absolute atomic E-state index is 0.249. The van der Waals surface area contributed by atoms with Crippen LogP contribution in [0.2, 0.25) is 0 Å². The zero-order valence-corrected chi connectivity index (χ0v) is 11.6. The standard InChI is InChI=1S/C15H21NO2/c1-11-9-12-7-5-6-8-13(12)16(10-11)14(17)18-15(2,3)4/h5-8,11H,9-10H2,1-4H3/t11-/m0/s1. The van der Waals surface area contributed by atoms with Gasteiger partial charge in [0.05, 0.1) is 5.69 Å². The molecule has 3 nitrogen and oxygen atoms in total. The van der Waals surface area contributed by atoms with Gasteiger partial charge in [0.25, 0.3) is 0 Å². The van der Waals surface area contributed by atoms with E-state index < -0.39 is 5.60 Å². The Morgan fingerprint density at radius 1 is 1.33 bits per heavy atom. The minimum atomic E-state index is -0.452. The number of carbonyl (C=O) groups is 1. The fourth-order valence-corrected chi connectivity index (χ4v) is 2.29. The van der Waals surface area contributed by atoms with Gasteiger partial charge in [-0.25, -0.2) is 4.79 Å². The predicted octanol–water partition coefficient (Wildman–Crippen LogP) is 3.62. The molecule has 0 aromatic heterocycles. The van der Waals surface area contributed by atoms with Gasteiger partial charge >= 0.3 is 6.09 Å². The molecule has 0 aliphatic carbocycles. The summed E-state index contributed by atoms with van der Waals surface area (Å²) in [5, 5.41) is 0. The Labute approximate surface area is 109 Å². The number of hydrogen-bond donors (Lipinski definition) is 0. The molecular formula is C15H21NO2. The van der Waals surface area contributed by atoms with Crippen molar-refractivity contribution in [3.8, 4) is 0 Å². The minimum Gasteiger partial charge on any atom is -0.443 e. The number of amides is 1. The summed E-state index contributed by atoms with van der Waals surface area (Å²) in [5.41, 5.74) is 1.76. The van der Waals surface area contributed by atoms with Crippen molar-refractivity contribution in [3.05, 3.63) is 29.8 Å². The molecule has 1 aliphatic heterocycles. The van der Waals surface area contributed by atoms with Crippen LogP contribution in [0.15, 0.2) is 24.3 Å². The maximum Gasteiger partial charge on any atom is 0.414 e. The van der Waals surface area contributed by atoms with Crippen LogP contribution in [-0.4, -0.2) is 18.2 Å². The second-order valence-corrected chi connectivity index (χ2v) is 6.03. The van der Waals surface area contributed by atoms with Crippen molar-refractivity contribution in [2.75, 3.05) is 11.4 Å². The number of ether oxygens (including phenoxy) is 1.